The molecule has 7 N–H and O–H groups in total. The van der Waals surface area contributed by atoms with Gasteiger partial charge < -0.3 is 60.7 Å². The second kappa shape index (κ2) is 21.1. The fraction of sp³-hybridized carbons (Fsp3) is 0.447. The molecule has 2 aliphatic rings. The van der Waals surface area contributed by atoms with Crippen molar-refractivity contribution >= 4 is 52.6 Å². The Labute approximate surface area is 387 Å². The number of pyridine rings is 2. The first kappa shape index (κ1) is 49.4. The molecule has 0 aliphatic carbocycles. The van der Waals surface area contributed by atoms with Crippen LogP contribution in [0.25, 0.3) is 22.3 Å². The molecule has 0 fully saturated rings. The fourth-order valence-corrected chi connectivity index (χ4v) is 7.84. The number of nitrogens with two attached hydrogens (primary N) is 1. The SMILES string of the molecule is CC[C@@]1(O)C(=O)OCc2c1cc1n(c2=O)Cc2cc3cc(OC(=O)N(C)CCN(C)C(=O)OCc4ccc(NC(=O)[C@H](CCCNC(N)=O)NC(=O)[C@@H](NC(C)C)C(C)C)cc4)ccc3nc2-1. The molecule has 20 heteroatoms. The molecule has 2 aliphatic heterocycles. The molecular weight excluding hydrogens is 867 g/mol. The van der Waals surface area contributed by atoms with Crippen molar-refractivity contribution in [1.29, 1.82) is 0 Å². The van der Waals surface area contributed by atoms with Crippen LogP contribution in [0, 0.1) is 5.92 Å². The molecule has 67 heavy (non-hydrogen) atoms. The summed E-state index contributed by atoms with van der Waals surface area (Å²) < 4.78 is 17.8. The van der Waals surface area contributed by atoms with Crippen molar-refractivity contribution in [3.63, 3.8) is 0 Å². The quantitative estimate of drug-likeness (QED) is 0.0542. The van der Waals surface area contributed by atoms with Crippen LogP contribution in [0.2, 0.25) is 0 Å². The van der Waals surface area contributed by atoms with Crippen molar-refractivity contribution in [1.82, 2.24) is 35.3 Å². The monoisotopic (exact) mass is 925 g/mol. The molecule has 0 saturated heterocycles. The number of primary amides is 1. The number of benzene rings is 2. The van der Waals surface area contributed by atoms with Gasteiger partial charge in [-0.3, -0.25) is 14.4 Å². The third kappa shape index (κ3) is 11.5. The van der Waals surface area contributed by atoms with E-state index in [-0.39, 0.29) is 92.5 Å². The smallest absolute Gasteiger partial charge is 0.415 e. The van der Waals surface area contributed by atoms with Gasteiger partial charge in [0.05, 0.1) is 35.1 Å². The van der Waals surface area contributed by atoms with Crippen molar-refractivity contribution < 1.29 is 48.1 Å². The number of carbonyl (C=O) groups is 6. The minimum absolute atomic E-state index is 0.0368. The number of cyclic esters (lactones) is 1. The van der Waals surface area contributed by atoms with E-state index >= 15 is 0 Å². The van der Waals surface area contributed by atoms with E-state index in [1.807, 2.05) is 33.8 Å². The first-order chi connectivity index (χ1) is 31.8. The van der Waals surface area contributed by atoms with Crippen molar-refractivity contribution in [3.8, 4) is 17.1 Å². The van der Waals surface area contributed by atoms with Crippen LogP contribution in [0.5, 0.6) is 5.75 Å². The number of nitrogens with one attached hydrogen (secondary N) is 4. The predicted molar refractivity (Wildman–Crippen MR) is 247 cm³/mol. The van der Waals surface area contributed by atoms with Crippen molar-refractivity contribution in [2.24, 2.45) is 11.7 Å². The molecule has 6 amide bonds. The highest BCUT2D eigenvalue weighted by Gasteiger charge is 2.45. The van der Waals surface area contributed by atoms with Gasteiger partial charge in [0.15, 0.2) is 5.60 Å². The highest BCUT2D eigenvalue weighted by atomic mass is 16.6. The maximum atomic E-state index is 13.5. The Hall–Kier alpha value is -7.06. The Kier molecular flexibility index (Phi) is 15.5. The Bertz CT molecular complexity index is 2600. The lowest BCUT2D eigenvalue weighted by Gasteiger charge is -2.31. The number of aromatic nitrogens is 2. The molecule has 20 nitrogen and oxygen atoms in total. The highest BCUT2D eigenvalue weighted by Crippen LogP contribution is 2.39. The first-order valence-electron chi connectivity index (χ1n) is 22.2. The van der Waals surface area contributed by atoms with Gasteiger partial charge in [-0.25, -0.2) is 24.2 Å². The van der Waals surface area contributed by atoms with Crippen LogP contribution >= 0.6 is 0 Å². The molecule has 2 aromatic heterocycles. The summed E-state index contributed by atoms with van der Waals surface area (Å²) in [5, 5.41) is 23.2. The summed E-state index contributed by atoms with van der Waals surface area (Å²) >= 11 is 0. The van der Waals surface area contributed by atoms with E-state index in [0.717, 1.165) is 5.56 Å². The van der Waals surface area contributed by atoms with Gasteiger partial charge >= 0.3 is 24.2 Å². The molecule has 3 atom stereocenters. The van der Waals surface area contributed by atoms with E-state index in [1.54, 1.807) is 60.0 Å². The maximum Gasteiger partial charge on any atom is 0.415 e. The molecule has 358 valence electrons. The van der Waals surface area contributed by atoms with E-state index in [1.165, 1.54) is 23.9 Å². The van der Waals surface area contributed by atoms with Crippen LogP contribution in [0.1, 0.15) is 76.1 Å². The highest BCUT2D eigenvalue weighted by molar-refractivity contribution is 5.98. The summed E-state index contributed by atoms with van der Waals surface area (Å²) in [6.45, 7) is 9.75. The second-order valence-corrected chi connectivity index (χ2v) is 17.4. The number of nitrogens with zero attached hydrogens (tertiary/aromatic N) is 4. The zero-order valence-corrected chi connectivity index (χ0v) is 38.8. The Morgan fingerprint density at radius 1 is 0.955 bits per heavy atom. The fourth-order valence-electron chi connectivity index (χ4n) is 7.84. The second-order valence-electron chi connectivity index (χ2n) is 17.4. The van der Waals surface area contributed by atoms with Gasteiger partial charge in [0.2, 0.25) is 11.8 Å². The van der Waals surface area contributed by atoms with E-state index in [4.69, 9.17) is 24.9 Å². The van der Waals surface area contributed by atoms with Crippen LogP contribution in [-0.2, 0) is 49.2 Å². The number of likely N-dealkylation sites (N-methyl/N-ethyl adjacent to an activating group) is 2. The number of carbonyl (C=O) groups excluding carboxylic acids is 6. The van der Waals surface area contributed by atoms with Gasteiger partial charge in [-0.1, -0.05) is 46.8 Å². The van der Waals surface area contributed by atoms with Gasteiger partial charge in [-0.05, 0) is 73.2 Å². The summed E-state index contributed by atoms with van der Waals surface area (Å²) in [6.07, 6.45) is -0.622. The summed E-state index contributed by atoms with van der Waals surface area (Å²) in [4.78, 5) is 97.2. The van der Waals surface area contributed by atoms with Gasteiger partial charge in [-0.2, -0.15) is 0 Å². The average molecular weight is 926 g/mol. The molecule has 4 aromatic rings. The summed E-state index contributed by atoms with van der Waals surface area (Å²) in [7, 11) is 3.07. The van der Waals surface area contributed by atoms with E-state index in [0.29, 0.717) is 40.0 Å². The lowest BCUT2D eigenvalue weighted by Crippen LogP contribution is -2.54. The zero-order chi connectivity index (χ0) is 48.7. The number of ether oxygens (including phenoxy) is 3. The Morgan fingerprint density at radius 3 is 2.31 bits per heavy atom. The largest absolute Gasteiger partial charge is 0.458 e. The molecule has 2 aromatic carbocycles. The van der Waals surface area contributed by atoms with Crippen LogP contribution in [-0.4, -0.2) is 112 Å². The molecule has 0 radical (unpaired) electrons. The Morgan fingerprint density at radius 2 is 1.66 bits per heavy atom. The minimum Gasteiger partial charge on any atom is -0.458 e. The summed E-state index contributed by atoms with van der Waals surface area (Å²) in [6, 6.07) is 13.1. The van der Waals surface area contributed by atoms with Gasteiger partial charge in [0.1, 0.15) is 25.0 Å². The summed E-state index contributed by atoms with van der Waals surface area (Å²) in [5.41, 5.74) is 6.79. The molecule has 0 unspecified atom stereocenters. The number of esters is 1. The Balaban J connectivity index is 0.983. The molecular formula is C47H59N9O11. The molecule has 0 bridgehead atoms. The third-order valence-corrected chi connectivity index (χ3v) is 11.7. The van der Waals surface area contributed by atoms with Crippen LogP contribution in [0.4, 0.5) is 20.1 Å². The summed E-state index contributed by atoms with van der Waals surface area (Å²) in [5.74, 6) is -1.33. The van der Waals surface area contributed by atoms with Crippen LogP contribution in [0.3, 0.4) is 0 Å². The van der Waals surface area contributed by atoms with Crippen molar-refractivity contribution in [2.75, 3.05) is 39.0 Å². The van der Waals surface area contributed by atoms with Gasteiger partial charge in [0, 0.05) is 62.0 Å². The molecule has 0 spiro atoms. The molecule has 6 rings (SSSR count). The number of hydrogen-bond acceptors (Lipinski definition) is 13. The van der Waals surface area contributed by atoms with Crippen LogP contribution < -0.4 is 37.3 Å². The predicted octanol–water partition coefficient (Wildman–Crippen LogP) is 3.67. The van der Waals surface area contributed by atoms with E-state index < -0.39 is 47.8 Å². The average Bonchev–Trinajstić information content (AvgIpc) is 3.65. The maximum absolute atomic E-state index is 13.5. The topological polar surface area (TPSA) is 266 Å². The molecule has 4 heterocycles. The number of anilines is 1. The zero-order valence-electron chi connectivity index (χ0n) is 38.8. The lowest BCUT2D eigenvalue weighted by atomic mass is 9.86. The number of fused-ring (bicyclic) bond motifs is 5. The standard InChI is InChI=1S/C47H59N9O11/c1-8-47(64)34-22-37-39-30(23-56(37)42(59)33(34)25-65-43(47)60)20-29-21-32(15-16-35(29)52-39)67-46(63)55(7)19-18-54(6)45(62)66-24-28-11-13-31(14-12-28)51-40(57)36(10-9-17-49-44(48)61)53-41(58)38(26(2)3)50-27(4)5/h11-16,20-22,26-27,36,38,50,64H,8-10,17-19,23-25H2,1-7H3,(H,51,57)(H,53,58)(H3,48,49,61)/t36-,38-,47-/m0/s1. The van der Waals surface area contributed by atoms with Gasteiger partial charge in [0.25, 0.3) is 5.56 Å². The van der Waals surface area contributed by atoms with E-state index in [2.05, 4.69) is 21.3 Å². The number of hydrogen-bond donors (Lipinski definition) is 6. The van der Waals surface area contributed by atoms with Gasteiger partial charge in [-0.15, -0.1) is 0 Å². The third-order valence-electron chi connectivity index (χ3n) is 11.7. The lowest BCUT2D eigenvalue weighted by molar-refractivity contribution is -0.172. The number of amides is 6. The van der Waals surface area contributed by atoms with Crippen molar-refractivity contribution in [3.05, 3.63) is 87.2 Å². The van der Waals surface area contributed by atoms with Crippen molar-refractivity contribution in [2.45, 2.75) is 97.4 Å². The number of aliphatic hydroxyl groups is 1. The first-order valence-corrected chi connectivity index (χ1v) is 22.2. The van der Waals surface area contributed by atoms with Crippen LogP contribution in [0.15, 0.2) is 59.4 Å². The minimum atomic E-state index is -1.93. The van der Waals surface area contributed by atoms with E-state index in [9.17, 15) is 38.7 Å². The molecule has 0 saturated carbocycles. The normalized spacial score (nSPS) is 15.7. The number of rotatable bonds is 18. The number of urea groups is 1.